The Kier molecular flexibility index (Phi) is 4.62. The lowest BCUT2D eigenvalue weighted by atomic mass is 10.1. The fourth-order valence-electron chi connectivity index (χ4n) is 2.10. The molecule has 6 heteroatoms. The minimum Gasteiger partial charge on any atom is -0.372 e. The molecule has 1 aliphatic rings. The highest BCUT2D eigenvalue weighted by Gasteiger charge is 2.29. The predicted octanol–water partition coefficient (Wildman–Crippen LogP) is 2.68. The van der Waals surface area contributed by atoms with Crippen LogP contribution in [-0.4, -0.2) is 41.8 Å². The average molecular weight is 329 g/mol. The molecule has 2 heterocycles. The number of anilines is 2. The van der Waals surface area contributed by atoms with Crippen LogP contribution in [-0.2, 0) is 4.74 Å². The molecule has 1 aromatic rings. The molecular formula is C13H21BrN4O. The lowest BCUT2D eigenvalue weighted by Gasteiger charge is -2.39. The minimum atomic E-state index is -0.139. The third-order valence-electron chi connectivity index (χ3n) is 2.98. The topological polar surface area (TPSA) is 50.3 Å². The van der Waals surface area contributed by atoms with Gasteiger partial charge in [0.2, 0.25) is 5.95 Å². The fraction of sp³-hybridized carbons (Fsp3) is 0.692. The highest BCUT2D eigenvalue weighted by Crippen LogP contribution is 2.28. The summed E-state index contributed by atoms with van der Waals surface area (Å²) < 4.78 is 6.66. The number of halogens is 1. The molecule has 0 amide bonds. The van der Waals surface area contributed by atoms with Crippen LogP contribution in [0.4, 0.5) is 11.8 Å². The summed E-state index contributed by atoms with van der Waals surface area (Å²) in [6, 6.07) is 0. The van der Waals surface area contributed by atoms with E-state index in [1.165, 1.54) is 0 Å². The second kappa shape index (κ2) is 6.05. The molecule has 2 rings (SSSR count). The van der Waals surface area contributed by atoms with Crippen LogP contribution in [0.25, 0.3) is 0 Å². The molecule has 5 nitrogen and oxygen atoms in total. The molecule has 0 aromatic carbocycles. The van der Waals surface area contributed by atoms with E-state index in [9.17, 15) is 0 Å². The van der Waals surface area contributed by atoms with Gasteiger partial charge in [-0.2, -0.15) is 4.98 Å². The second-order valence-corrected chi connectivity index (χ2v) is 6.18. The number of hydrogen-bond acceptors (Lipinski definition) is 5. The summed E-state index contributed by atoms with van der Waals surface area (Å²) in [4.78, 5) is 11.1. The van der Waals surface area contributed by atoms with Gasteiger partial charge in [-0.1, -0.05) is 6.92 Å². The van der Waals surface area contributed by atoms with Gasteiger partial charge in [-0.3, -0.25) is 0 Å². The van der Waals surface area contributed by atoms with Gasteiger partial charge in [0.1, 0.15) is 5.82 Å². The van der Waals surface area contributed by atoms with Crippen molar-refractivity contribution in [2.75, 3.05) is 36.5 Å². The Morgan fingerprint density at radius 1 is 1.53 bits per heavy atom. The second-order valence-electron chi connectivity index (χ2n) is 5.32. The number of aromatic nitrogens is 2. The number of nitrogens with zero attached hydrogens (tertiary/aromatic N) is 3. The van der Waals surface area contributed by atoms with Gasteiger partial charge in [0.05, 0.1) is 16.7 Å². The Morgan fingerprint density at radius 2 is 2.32 bits per heavy atom. The number of ether oxygens (including phenoxy) is 1. The van der Waals surface area contributed by atoms with Gasteiger partial charge in [-0.05, 0) is 36.2 Å². The number of hydrogen-bond donors (Lipinski definition) is 1. The zero-order valence-corrected chi connectivity index (χ0v) is 13.3. The van der Waals surface area contributed by atoms with Gasteiger partial charge < -0.3 is 15.0 Å². The zero-order chi connectivity index (χ0) is 13.9. The molecule has 1 fully saturated rings. The molecule has 0 saturated carbocycles. The zero-order valence-electron chi connectivity index (χ0n) is 11.7. The van der Waals surface area contributed by atoms with Crippen LogP contribution in [0, 0.1) is 0 Å². The van der Waals surface area contributed by atoms with Crippen LogP contribution in [0.2, 0.25) is 0 Å². The van der Waals surface area contributed by atoms with Crippen LogP contribution in [0.1, 0.15) is 27.2 Å². The molecule has 0 spiro atoms. The van der Waals surface area contributed by atoms with Crippen molar-refractivity contribution in [3.8, 4) is 0 Å². The molecule has 106 valence electrons. The first-order valence-corrected chi connectivity index (χ1v) is 7.46. The van der Waals surface area contributed by atoms with E-state index in [-0.39, 0.29) is 5.60 Å². The van der Waals surface area contributed by atoms with Gasteiger partial charge >= 0.3 is 0 Å². The summed E-state index contributed by atoms with van der Waals surface area (Å²) in [6.45, 7) is 9.62. The lowest BCUT2D eigenvalue weighted by Crippen LogP contribution is -2.48. The largest absolute Gasteiger partial charge is 0.372 e. The minimum absolute atomic E-state index is 0.139. The van der Waals surface area contributed by atoms with E-state index in [4.69, 9.17) is 4.74 Å². The van der Waals surface area contributed by atoms with E-state index in [2.05, 4.69) is 56.9 Å². The van der Waals surface area contributed by atoms with Crippen molar-refractivity contribution in [1.29, 1.82) is 0 Å². The van der Waals surface area contributed by atoms with Crippen LogP contribution in [0.3, 0.4) is 0 Å². The van der Waals surface area contributed by atoms with Crippen molar-refractivity contribution < 1.29 is 4.74 Å². The highest BCUT2D eigenvalue weighted by molar-refractivity contribution is 9.10. The van der Waals surface area contributed by atoms with Crippen molar-refractivity contribution in [1.82, 2.24) is 9.97 Å². The van der Waals surface area contributed by atoms with E-state index in [0.717, 1.165) is 43.0 Å². The summed E-state index contributed by atoms with van der Waals surface area (Å²) in [6.07, 6.45) is 2.86. The van der Waals surface area contributed by atoms with Crippen LogP contribution in [0.5, 0.6) is 0 Å². The van der Waals surface area contributed by atoms with Gasteiger partial charge in [0, 0.05) is 25.8 Å². The molecule has 1 N–H and O–H groups in total. The SMILES string of the molecule is CCCNc1ncc(Br)c(N2CCOC(C)(C)C2)n1. The molecule has 1 aliphatic heterocycles. The van der Waals surface area contributed by atoms with Crippen LogP contribution < -0.4 is 10.2 Å². The Bertz CT molecular complexity index is 439. The summed E-state index contributed by atoms with van der Waals surface area (Å²) >= 11 is 3.54. The first-order chi connectivity index (χ1) is 9.02. The van der Waals surface area contributed by atoms with Crippen LogP contribution >= 0.6 is 15.9 Å². The monoisotopic (exact) mass is 328 g/mol. The summed E-state index contributed by atoms with van der Waals surface area (Å²) in [7, 11) is 0. The summed E-state index contributed by atoms with van der Waals surface area (Å²) in [5.41, 5.74) is -0.139. The average Bonchev–Trinajstić information content (AvgIpc) is 2.36. The highest BCUT2D eigenvalue weighted by atomic mass is 79.9. The number of nitrogens with one attached hydrogen (secondary N) is 1. The normalized spacial score (nSPS) is 18.4. The van der Waals surface area contributed by atoms with Crippen molar-refractivity contribution >= 4 is 27.7 Å². The van der Waals surface area contributed by atoms with Gasteiger partial charge in [-0.15, -0.1) is 0 Å². The van der Waals surface area contributed by atoms with E-state index in [0.29, 0.717) is 5.95 Å². The van der Waals surface area contributed by atoms with E-state index in [1.807, 2.05) is 6.20 Å². The first kappa shape index (κ1) is 14.5. The molecule has 1 saturated heterocycles. The maximum absolute atomic E-state index is 5.74. The smallest absolute Gasteiger partial charge is 0.224 e. The molecule has 0 radical (unpaired) electrons. The number of morpholine rings is 1. The quantitative estimate of drug-likeness (QED) is 0.920. The Balaban J connectivity index is 2.18. The first-order valence-electron chi connectivity index (χ1n) is 6.67. The molecule has 19 heavy (non-hydrogen) atoms. The Labute approximate surface area is 122 Å². The van der Waals surface area contributed by atoms with Gasteiger partial charge in [0.25, 0.3) is 0 Å². The summed E-state index contributed by atoms with van der Waals surface area (Å²) in [5.74, 6) is 1.62. The number of rotatable bonds is 4. The standard InChI is InChI=1S/C13H21BrN4O/c1-4-5-15-12-16-8-10(14)11(17-12)18-6-7-19-13(2,3)9-18/h8H,4-7,9H2,1-3H3,(H,15,16,17). The van der Waals surface area contributed by atoms with Crippen molar-refractivity contribution in [2.45, 2.75) is 32.8 Å². The molecule has 0 unspecified atom stereocenters. The van der Waals surface area contributed by atoms with Crippen LogP contribution in [0.15, 0.2) is 10.7 Å². The van der Waals surface area contributed by atoms with E-state index in [1.54, 1.807) is 0 Å². The lowest BCUT2D eigenvalue weighted by molar-refractivity contribution is -0.0279. The predicted molar refractivity (Wildman–Crippen MR) is 80.8 cm³/mol. The maximum atomic E-state index is 5.74. The third-order valence-corrected chi connectivity index (χ3v) is 3.54. The van der Waals surface area contributed by atoms with E-state index < -0.39 is 0 Å². The van der Waals surface area contributed by atoms with Gasteiger partial charge in [0.15, 0.2) is 0 Å². The van der Waals surface area contributed by atoms with Crippen molar-refractivity contribution in [2.24, 2.45) is 0 Å². The molecule has 0 atom stereocenters. The van der Waals surface area contributed by atoms with Crippen molar-refractivity contribution in [3.05, 3.63) is 10.7 Å². The van der Waals surface area contributed by atoms with E-state index >= 15 is 0 Å². The maximum Gasteiger partial charge on any atom is 0.224 e. The molecule has 0 bridgehead atoms. The Morgan fingerprint density at radius 3 is 3.00 bits per heavy atom. The van der Waals surface area contributed by atoms with Gasteiger partial charge in [-0.25, -0.2) is 4.98 Å². The summed E-state index contributed by atoms with van der Waals surface area (Å²) in [5, 5.41) is 3.22. The molecule has 0 aliphatic carbocycles. The third kappa shape index (κ3) is 3.79. The molecular weight excluding hydrogens is 308 g/mol. The van der Waals surface area contributed by atoms with Crippen molar-refractivity contribution in [3.63, 3.8) is 0 Å². The fourth-order valence-corrected chi connectivity index (χ4v) is 2.54. The Hall–Kier alpha value is -0.880. The molecule has 1 aromatic heterocycles.